The molecule has 3 rings (SSSR count). The van der Waals surface area contributed by atoms with Gasteiger partial charge in [-0.3, -0.25) is 0 Å². The smallest absolute Gasteiger partial charge is 0.343 e. The molecule has 4 heteroatoms. The van der Waals surface area contributed by atoms with Crippen molar-refractivity contribution in [2.24, 2.45) is 0 Å². The van der Waals surface area contributed by atoms with Gasteiger partial charge in [0, 0.05) is 18.0 Å². The van der Waals surface area contributed by atoms with Crippen LogP contribution in [0.3, 0.4) is 0 Å². The lowest BCUT2D eigenvalue weighted by Gasteiger charge is -2.18. The van der Waals surface area contributed by atoms with Crippen molar-refractivity contribution in [3.63, 3.8) is 0 Å². The van der Waals surface area contributed by atoms with E-state index < -0.39 is 0 Å². The summed E-state index contributed by atoms with van der Waals surface area (Å²) in [5, 5.41) is 0. The summed E-state index contributed by atoms with van der Waals surface area (Å²) in [7, 11) is 0. The van der Waals surface area contributed by atoms with Gasteiger partial charge in [0.15, 0.2) is 5.82 Å². The van der Waals surface area contributed by atoms with Gasteiger partial charge in [-0.2, -0.15) is 0 Å². The highest BCUT2D eigenvalue weighted by Crippen LogP contribution is 2.25. The fourth-order valence-corrected chi connectivity index (χ4v) is 2.81. The molecule has 4 nitrogen and oxygen atoms in total. The molecule has 33 heavy (non-hydrogen) atoms. The highest BCUT2D eigenvalue weighted by atomic mass is 16.5. The molecule has 0 amide bonds. The van der Waals surface area contributed by atoms with Crippen molar-refractivity contribution in [2.75, 3.05) is 0 Å². The third-order valence-corrected chi connectivity index (χ3v) is 4.83. The molecular formula is C29H40N2O2. The minimum atomic E-state index is -0.371. The minimum Gasteiger partial charge on any atom is -0.423 e. The summed E-state index contributed by atoms with van der Waals surface area (Å²) in [4.78, 5) is 21.3. The molecular weight excluding hydrogens is 408 g/mol. The predicted octanol–water partition coefficient (Wildman–Crippen LogP) is 8.01. The quantitative estimate of drug-likeness (QED) is 0.301. The summed E-state index contributed by atoms with van der Waals surface area (Å²) in [5.41, 5.74) is 3.73. The largest absolute Gasteiger partial charge is 0.423 e. The molecule has 2 aromatic carbocycles. The van der Waals surface area contributed by atoms with E-state index in [0.29, 0.717) is 17.1 Å². The van der Waals surface area contributed by atoms with E-state index in [-0.39, 0.29) is 16.8 Å². The number of ether oxygens (including phenoxy) is 1. The number of carbonyl (C=O) groups excluding carboxylic acids is 1. The Morgan fingerprint density at radius 2 is 1.12 bits per heavy atom. The molecule has 3 aromatic rings. The minimum absolute atomic E-state index is 0.0155. The second-order valence-electron chi connectivity index (χ2n) is 9.29. The lowest BCUT2D eigenvalue weighted by molar-refractivity contribution is 0.0734. The van der Waals surface area contributed by atoms with Crippen LogP contribution in [0.1, 0.15) is 90.7 Å². The SMILES string of the molecule is CC.CC.CC(C)(C)c1ccc(C(=O)Oc2ccc(-c3ncc(C(C)(C)C)cn3)cc2)cc1. The molecule has 0 saturated heterocycles. The first-order valence-corrected chi connectivity index (χ1v) is 11.8. The highest BCUT2D eigenvalue weighted by Gasteiger charge is 2.16. The van der Waals surface area contributed by atoms with Crippen LogP contribution in [0.5, 0.6) is 5.75 Å². The van der Waals surface area contributed by atoms with Crippen molar-refractivity contribution in [3.8, 4) is 17.1 Å². The normalized spacial score (nSPS) is 10.8. The lowest BCUT2D eigenvalue weighted by Crippen LogP contribution is -2.13. The average molecular weight is 449 g/mol. The molecule has 0 aliphatic carbocycles. The predicted molar refractivity (Wildman–Crippen MR) is 139 cm³/mol. The Kier molecular flexibility index (Phi) is 10.4. The number of hydrogen-bond donors (Lipinski definition) is 0. The lowest BCUT2D eigenvalue weighted by atomic mass is 9.87. The molecule has 0 aliphatic heterocycles. The summed E-state index contributed by atoms with van der Waals surface area (Å²) in [5.74, 6) is 0.766. The Labute approximate surface area is 200 Å². The van der Waals surface area contributed by atoms with E-state index in [4.69, 9.17) is 4.74 Å². The van der Waals surface area contributed by atoms with Crippen molar-refractivity contribution in [1.29, 1.82) is 0 Å². The molecule has 0 aliphatic rings. The molecule has 0 bridgehead atoms. The van der Waals surface area contributed by atoms with Crippen LogP contribution in [0.2, 0.25) is 0 Å². The van der Waals surface area contributed by atoms with Crippen LogP contribution in [-0.4, -0.2) is 15.9 Å². The fraction of sp³-hybridized carbons (Fsp3) is 0.414. The Balaban J connectivity index is 0.00000129. The second kappa shape index (κ2) is 12.3. The van der Waals surface area contributed by atoms with Gasteiger partial charge in [0.1, 0.15) is 5.75 Å². The maximum atomic E-state index is 12.4. The molecule has 0 unspecified atom stereocenters. The molecule has 0 spiro atoms. The van der Waals surface area contributed by atoms with Gasteiger partial charge in [-0.1, -0.05) is 81.4 Å². The Bertz CT molecular complexity index is 976. The number of benzene rings is 2. The van der Waals surface area contributed by atoms with Gasteiger partial charge < -0.3 is 4.74 Å². The number of rotatable bonds is 3. The third kappa shape index (κ3) is 8.12. The van der Waals surface area contributed by atoms with Crippen molar-refractivity contribution in [1.82, 2.24) is 9.97 Å². The van der Waals surface area contributed by atoms with Gasteiger partial charge in [0.05, 0.1) is 5.56 Å². The summed E-state index contributed by atoms with van der Waals surface area (Å²) in [6.07, 6.45) is 3.72. The summed E-state index contributed by atoms with van der Waals surface area (Å²) < 4.78 is 5.50. The average Bonchev–Trinajstić information content (AvgIpc) is 2.81. The van der Waals surface area contributed by atoms with Crippen molar-refractivity contribution in [3.05, 3.63) is 77.6 Å². The first kappa shape index (κ1) is 28.0. The summed E-state index contributed by atoms with van der Waals surface area (Å²) in [6.45, 7) is 20.8. The molecule has 0 radical (unpaired) electrons. The number of hydrogen-bond acceptors (Lipinski definition) is 4. The van der Waals surface area contributed by atoms with E-state index in [1.807, 2.05) is 76.5 Å². The van der Waals surface area contributed by atoms with E-state index in [1.54, 1.807) is 12.1 Å². The standard InChI is InChI=1S/C25H28N2O2.2C2H6/c1-24(2,3)19-11-7-18(8-12-19)23(28)29-21-13-9-17(10-14-21)22-26-15-20(16-27-22)25(4,5)6;2*1-2/h7-16H,1-6H3;2*1-2H3. The fourth-order valence-electron chi connectivity index (χ4n) is 2.81. The first-order chi connectivity index (χ1) is 15.5. The van der Waals surface area contributed by atoms with Crippen LogP contribution in [-0.2, 0) is 10.8 Å². The zero-order valence-electron chi connectivity index (χ0n) is 22.0. The first-order valence-electron chi connectivity index (χ1n) is 11.8. The van der Waals surface area contributed by atoms with Gasteiger partial charge in [0.25, 0.3) is 0 Å². The van der Waals surface area contributed by atoms with Crippen molar-refractivity contribution >= 4 is 5.97 Å². The van der Waals surface area contributed by atoms with E-state index in [1.165, 1.54) is 5.56 Å². The summed E-state index contributed by atoms with van der Waals surface area (Å²) >= 11 is 0. The van der Waals surface area contributed by atoms with E-state index in [9.17, 15) is 4.79 Å². The van der Waals surface area contributed by atoms with Crippen molar-refractivity contribution in [2.45, 2.75) is 80.1 Å². The monoisotopic (exact) mass is 448 g/mol. The van der Waals surface area contributed by atoms with Gasteiger partial charge in [-0.05, 0) is 58.4 Å². The van der Waals surface area contributed by atoms with E-state index in [0.717, 1.165) is 11.1 Å². The van der Waals surface area contributed by atoms with Crippen LogP contribution in [0.25, 0.3) is 11.4 Å². The zero-order valence-corrected chi connectivity index (χ0v) is 22.0. The zero-order chi connectivity index (χ0) is 25.2. The van der Waals surface area contributed by atoms with Crippen LogP contribution >= 0.6 is 0 Å². The molecule has 0 N–H and O–H groups in total. The number of carbonyl (C=O) groups is 1. The third-order valence-electron chi connectivity index (χ3n) is 4.83. The van der Waals surface area contributed by atoms with Crippen LogP contribution in [0.15, 0.2) is 60.9 Å². The molecule has 0 fully saturated rings. The maximum Gasteiger partial charge on any atom is 0.343 e. The Morgan fingerprint density at radius 1 is 0.667 bits per heavy atom. The van der Waals surface area contributed by atoms with Gasteiger partial charge >= 0.3 is 5.97 Å². The molecule has 0 saturated carbocycles. The summed E-state index contributed by atoms with van der Waals surface area (Å²) in [6, 6.07) is 14.8. The van der Waals surface area contributed by atoms with Gasteiger partial charge in [-0.25, -0.2) is 14.8 Å². The van der Waals surface area contributed by atoms with E-state index >= 15 is 0 Å². The highest BCUT2D eigenvalue weighted by molar-refractivity contribution is 5.91. The Morgan fingerprint density at radius 3 is 1.55 bits per heavy atom. The van der Waals surface area contributed by atoms with Gasteiger partial charge in [0.2, 0.25) is 0 Å². The maximum absolute atomic E-state index is 12.4. The molecule has 1 aromatic heterocycles. The number of esters is 1. The van der Waals surface area contributed by atoms with Gasteiger partial charge in [-0.15, -0.1) is 0 Å². The topological polar surface area (TPSA) is 52.1 Å². The van der Waals surface area contributed by atoms with Crippen molar-refractivity contribution < 1.29 is 9.53 Å². The molecule has 0 atom stereocenters. The number of nitrogens with zero attached hydrogens (tertiary/aromatic N) is 2. The second-order valence-corrected chi connectivity index (χ2v) is 9.29. The van der Waals surface area contributed by atoms with Crippen LogP contribution in [0.4, 0.5) is 0 Å². The van der Waals surface area contributed by atoms with E-state index in [2.05, 4.69) is 51.5 Å². The van der Waals surface area contributed by atoms with Crippen LogP contribution in [0, 0.1) is 0 Å². The van der Waals surface area contributed by atoms with Crippen LogP contribution < -0.4 is 4.74 Å². The Hall–Kier alpha value is -3.01. The molecule has 178 valence electrons. The number of aromatic nitrogens is 2. The molecule has 1 heterocycles.